The summed E-state index contributed by atoms with van der Waals surface area (Å²) >= 11 is 6.20. The van der Waals surface area contributed by atoms with Gasteiger partial charge in [-0.3, -0.25) is 14.6 Å². The molecule has 0 spiro atoms. The first kappa shape index (κ1) is 29.4. The van der Waals surface area contributed by atoms with E-state index in [1.807, 2.05) is 30.3 Å². The van der Waals surface area contributed by atoms with E-state index < -0.39 is 29.5 Å². The highest BCUT2D eigenvalue weighted by Crippen LogP contribution is 2.49. The molecule has 3 atom stereocenters. The van der Waals surface area contributed by atoms with Gasteiger partial charge in [-0.1, -0.05) is 41.9 Å². The lowest BCUT2D eigenvalue weighted by molar-refractivity contribution is -0.137. The van der Waals surface area contributed by atoms with Crippen LogP contribution in [-0.2, 0) is 15.8 Å². The van der Waals surface area contributed by atoms with Crippen LogP contribution < -0.4 is 14.8 Å². The van der Waals surface area contributed by atoms with Crippen LogP contribution in [0.1, 0.15) is 48.3 Å². The fourth-order valence-electron chi connectivity index (χ4n) is 5.79. The van der Waals surface area contributed by atoms with E-state index in [9.17, 15) is 22.8 Å². The molecule has 0 saturated carbocycles. The van der Waals surface area contributed by atoms with Crippen molar-refractivity contribution in [3.05, 3.63) is 99.7 Å². The van der Waals surface area contributed by atoms with Crippen molar-refractivity contribution in [3.8, 4) is 11.5 Å². The average Bonchev–Trinajstić information content (AvgIpc) is 2.96. The highest BCUT2D eigenvalue weighted by Gasteiger charge is 2.45. The summed E-state index contributed by atoms with van der Waals surface area (Å²) in [5, 5.41) is 2.52. The highest BCUT2D eigenvalue weighted by molar-refractivity contribution is 6.34. The van der Waals surface area contributed by atoms with Crippen LogP contribution in [0.3, 0.4) is 0 Å². The Labute approximate surface area is 246 Å². The number of amides is 1. The number of nitrogens with zero attached hydrogens (tertiary/aromatic N) is 1. The molecule has 42 heavy (non-hydrogen) atoms. The summed E-state index contributed by atoms with van der Waals surface area (Å²) in [5.74, 6) is -1.88. The van der Waals surface area contributed by atoms with E-state index in [2.05, 4.69) is 5.32 Å². The lowest BCUT2D eigenvalue weighted by Gasteiger charge is -2.37. The molecule has 3 aromatic rings. The molecule has 0 fully saturated rings. The quantitative estimate of drug-likeness (QED) is 0.318. The zero-order valence-electron chi connectivity index (χ0n) is 23.1. The first-order chi connectivity index (χ1) is 20.0. The first-order valence-electron chi connectivity index (χ1n) is 13.3. The van der Waals surface area contributed by atoms with Crippen molar-refractivity contribution in [2.45, 2.75) is 37.8 Å². The predicted molar refractivity (Wildman–Crippen MR) is 154 cm³/mol. The molecule has 2 aliphatic rings. The van der Waals surface area contributed by atoms with E-state index in [4.69, 9.17) is 26.1 Å². The van der Waals surface area contributed by atoms with E-state index in [1.165, 1.54) is 14.2 Å². The van der Waals surface area contributed by atoms with Crippen LogP contribution in [0.2, 0.25) is 5.02 Å². The van der Waals surface area contributed by atoms with Gasteiger partial charge < -0.3 is 14.8 Å². The molecule has 1 aliphatic carbocycles. The molecule has 1 amide bonds. The molecule has 0 bridgehead atoms. The number of ether oxygens (including phenoxy) is 2. The molecule has 10 heteroatoms. The van der Waals surface area contributed by atoms with Crippen molar-refractivity contribution < 1.29 is 32.2 Å². The summed E-state index contributed by atoms with van der Waals surface area (Å²) in [5.41, 5.74) is 1.76. The van der Waals surface area contributed by atoms with Crippen LogP contribution in [0.25, 0.3) is 0 Å². The van der Waals surface area contributed by atoms with Gasteiger partial charge in [-0.25, -0.2) is 0 Å². The second-order valence-corrected chi connectivity index (χ2v) is 10.7. The molecule has 1 N–H and O–H groups in total. The number of carbonyl (C=O) groups is 2. The Morgan fingerprint density at radius 2 is 1.74 bits per heavy atom. The van der Waals surface area contributed by atoms with Crippen molar-refractivity contribution in [1.29, 1.82) is 0 Å². The van der Waals surface area contributed by atoms with E-state index in [-0.39, 0.29) is 28.8 Å². The zero-order chi connectivity index (χ0) is 30.2. The van der Waals surface area contributed by atoms with E-state index >= 15 is 0 Å². The van der Waals surface area contributed by atoms with Gasteiger partial charge in [0.15, 0.2) is 5.78 Å². The van der Waals surface area contributed by atoms with Gasteiger partial charge in [-0.2, -0.15) is 13.2 Å². The standard InChI is InChI=1S/C32H28ClF3N2O4/c1-17-28(31(40)38-24-15-20(32(34,35)36)9-11-23(24)33)29(22-16-21(41-2)10-12-27(22)42-3)30-25(37-17)13-19(14-26(30)39)18-7-5-4-6-8-18/h4-12,15-16,19,28-29H,13-14H2,1-3H3,(H,38,40). The minimum atomic E-state index is -4.63. The number of allylic oxidation sites excluding steroid dienone is 2. The Hall–Kier alpha value is -4.11. The molecular formula is C32H28ClF3N2O4. The van der Waals surface area contributed by atoms with Crippen LogP contribution in [-0.4, -0.2) is 31.6 Å². The van der Waals surface area contributed by atoms with E-state index in [0.717, 1.165) is 23.8 Å². The van der Waals surface area contributed by atoms with E-state index in [1.54, 1.807) is 25.1 Å². The normalized spacial score (nSPS) is 20.5. The third-order valence-electron chi connectivity index (χ3n) is 7.77. The fourth-order valence-corrected chi connectivity index (χ4v) is 5.95. The lowest BCUT2D eigenvalue weighted by atomic mass is 9.68. The monoisotopic (exact) mass is 596 g/mol. The van der Waals surface area contributed by atoms with Crippen molar-refractivity contribution in [3.63, 3.8) is 0 Å². The average molecular weight is 597 g/mol. The van der Waals surface area contributed by atoms with Gasteiger partial charge in [0.2, 0.25) is 5.91 Å². The number of hydrogen-bond acceptors (Lipinski definition) is 5. The van der Waals surface area contributed by atoms with Gasteiger partial charge in [0, 0.05) is 34.9 Å². The van der Waals surface area contributed by atoms with Gasteiger partial charge in [0.05, 0.1) is 36.4 Å². The Balaban J connectivity index is 1.62. The maximum atomic E-state index is 14.0. The summed E-state index contributed by atoms with van der Waals surface area (Å²) in [7, 11) is 2.98. The number of methoxy groups -OCH3 is 2. The number of Topliss-reactive ketones (excluding diaryl/α,β-unsaturated/α-hetero) is 1. The topological polar surface area (TPSA) is 77.0 Å². The number of nitrogens with one attached hydrogen (secondary N) is 1. The summed E-state index contributed by atoms with van der Waals surface area (Å²) in [6.45, 7) is 1.68. The third kappa shape index (κ3) is 5.66. The van der Waals surface area contributed by atoms with Crippen LogP contribution in [0.15, 0.2) is 83.0 Å². The van der Waals surface area contributed by atoms with Crippen LogP contribution in [0.5, 0.6) is 11.5 Å². The van der Waals surface area contributed by atoms with Gasteiger partial charge in [0.25, 0.3) is 0 Å². The molecule has 218 valence electrons. The molecule has 6 nitrogen and oxygen atoms in total. The number of rotatable bonds is 6. The number of aliphatic imine (C=N–C) groups is 1. The summed E-state index contributed by atoms with van der Waals surface area (Å²) in [6, 6.07) is 17.5. The molecule has 0 saturated heterocycles. The zero-order valence-corrected chi connectivity index (χ0v) is 23.8. The van der Waals surface area contributed by atoms with Crippen LogP contribution in [0, 0.1) is 5.92 Å². The molecule has 5 rings (SSSR count). The number of alkyl halides is 3. The summed E-state index contributed by atoms with van der Waals surface area (Å²) < 4.78 is 51.4. The van der Waals surface area contributed by atoms with Gasteiger partial charge >= 0.3 is 6.18 Å². The first-order valence-corrected chi connectivity index (χ1v) is 13.7. The van der Waals surface area contributed by atoms with Crippen LogP contribution >= 0.6 is 11.6 Å². The fraction of sp³-hybridized carbons (Fsp3) is 0.281. The number of carbonyl (C=O) groups excluding carboxylic acids is 2. The second kappa shape index (κ2) is 11.6. The van der Waals surface area contributed by atoms with Gasteiger partial charge in [0.1, 0.15) is 11.5 Å². The molecule has 1 aliphatic heterocycles. The summed E-state index contributed by atoms with van der Waals surface area (Å²) in [6.07, 6.45) is -3.93. The Morgan fingerprint density at radius 1 is 1.00 bits per heavy atom. The lowest BCUT2D eigenvalue weighted by Crippen LogP contribution is -2.40. The number of ketones is 1. The third-order valence-corrected chi connectivity index (χ3v) is 8.10. The minimum Gasteiger partial charge on any atom is -0.497 e. The molecule has 3 aromatic carbocycles. The van der Waals surface area contributed by atoms with Crippen molar-refractivity contribution in [2.75, 3.05) is 19.5 Å². The molecule has 3 unspecified atom stereocenters. The number of anilines is 1. The molecule has 0 aromatic heterocycles. The largest absolute Gasteiger partial charge is 0.497 e. The minimum absolute atomic E-state index is 0.0587. The SMILES string of the molecule is COc1ccc(OC)c(C2C3=C(CC(c4ccccc4)CC3=O)N=C(C)C2C(=O)Nc2cc(C(F)(F)F)ccc2Cl)c1. The van der Waals surface area contributed by atoms with Crippen molar-refractivity contribution in [2.24, 2.45) is 10.9 Å². The smallest absolute Gasteiger partial charge is 0.416 e. The van der Waals surface area contributed by atoms with Gasteiger partial charge in [-0.05, 0) is 61.2 Å². The number of benzene rings is 3. The maximum Gasteiger partial charge on any atom is 0.416 e. The molecular weight excluding hydrogens is 569 g/mol. The Bertz CT molecular complexity index is 1600. The summed E-state index contributed by atoms with van der Waals surface area (Å²) in [4.78, 5) is 32.6. The molecule has 1 heterocycles. The Kier molecular flexibility index (Phi) is 8.14. The van der Waals surface area contributed by atoms with Gasteiger partial charge in [-0.15, -0.1) is 0 Å². The van der Waals surface area contributed by atoms with E-state index in [0.29, 0.717) is 40.5 Å². The van der Waals surface area contributed by atoms with Crippen molar-refractivity contribution >= 4 is 34.7 Å². The maximum absolute atomic E-state index is 14.0. The number of halogens is 4. The second-order valence-electron chi connectivity index (χ2n) is 10.3. The highest BCUT2D eigenvalue weighted by atomic mass is 35.5. The number of hydrogen-bond donors (Lipinski definition) is 1. The molecule has 0 radical (unpaired) electrons. The predicted octanol–water partition coefficient (Wildman–Crippen LogP) is 7.59. The Morgan fingerprint density at radius 3 is 2.40 bits per heavy atom. The van der Waals surface area contributed by atoms with Crippen molar-refractivity contribution in [1.82, 2.24) is 0 Å². The van der Waals surface area contributed by atoms with Crippen LogP contribution in [0.4, 0.5) is 18.9 Å².